The number of hydrogen-bond acceptors (Lipinski definition) is 5. The fourth-order valence-corrected chi connectivity index (χ4v) is 4.80. The maximum atomic E-state index is 13.6. The molecule has 1 aliphatic rings. The van der Waals surface area contributed by atoms with Gasteiger partial charge < -0.3 is 14.8 Å². The third-order valence-corrected chi connectivity index (χ3v) is 6.58. The largest absolute Gasteiger partial charge is 0.493 e. The highest BCUT2D eigenvalue weighted by atomic mass is 35.5. The standard InChI is InChI=1S/C28H29ClN2O5/c1-28(2)15-22-20(23(32)16-28)14-21(27(34)31(22)19-7-5-6-18(29)13-19)26(33)30-11-10-17-8-9-24(35-3)25(12-17)36-4/h5-9,12-14H,10-11,15-16H2,1-4H3,(H,30,33). The number of benzene rings is 2. The van der Waals surface area contributed by atoms with Gasteiger partial charge in [-0.1, -0.05) is 37.6 Å². The number of aromatic nitrogens is 1. The van der Waals surface area contributed by atoms with E-state index in [1.165, 1.54) is 10.6 Å². The van der Waals surface area contributed by atoms with Gasteiger partial charge in [0.25, 0.3) is 11.5 Å². The number of nitrogens with one attached hydrogen (secondary N) is 1. The third kappa shape index (κ3) is 5.16. The van der Waals surface area contributed by atoms with Crippen molar-refractivity contribution in [2.75, 3.05) is 20.8 Å². The van der Waals surface area contributed by atoms with Crippen LogP contribution in [0, 0.1) is 5.41 Å². The molecular formula is C28H29ClN2O5. The van der Waals surface area contributed by atoms with E-state index in [9.17, 15) is 14.4 Å². The second-order valence-corrected chi connectivity index (χ2v) is 10.1. The number of pyridine rings is 1. The number of amides is 1. The molecule has 0 radical (unpaired) electrons. The van der Waals surface area contributed by atoms with Crippen LogP contribution in [-0.4, -0.2) is 37.0 Å². The summed E-state index contributed by atoms with van der Waals surface area (Å²) in [4.78, 5) is 39.8. The number of carbonyl (C=O) groups is 2. The molecule has 0 saturated carbocycles. The summed E-state index contributed by atoms with van der Waals surface area (Å²) in [5, 5.41) is 3.28. The number of hydrogen-bond donors (Lipinski definition) is 1. The quantitative estimate of drug-likeness (QED) is 0.502. The normalized spacial score (nSPS) is 14.2. The smallest absolute Gasteiger partial charge is 0.268 e. The van der Waals surface area contributed by atoms with Gasteiger partial charge in [-0.3, -0.25) is 19.0 Å². The van der Waals surface area contributed by atoms with Crippen LogP contribution in [0.3, 0.4) is 0 Å². The zero-order chi connectivity index (χ0) is 26.0. The van der Waals surface area contributed by atoms with E-state index in [0.29, 0.717) is 59.3 Å². The SMILES string of the molecule is COc1ccc(CCNC(=O)c2cc3c(n(-c4cccc(Cl)c4)c2=O)CC(C)(C)CC3=O)cc1OC. The maximum absolute atomic E-state index is 13.6. The summed E-state index contributed by atoms with van der Waals surface area (Å²) in [6.45, 7) is 4.29. The average molecular weight is 509 g/mol. The summed E-state index contributed by atoms with van der Waals surface area (Å²) in [7, 11) is 3.13. The van der Waals surface area contributed by atoms with Crippen LogP contribution in [0.4, 0.5) is 0 Å². The minimum Gasteiger partial charge on any atom is -0.493 e. The molecule has 0 bridgehead atoms. The van der Waals surface area contributed by atoms with Gasteiger partial charge in [0, 0.05) is 29.2 Å². The Morgan fingerprint density at radius 2 is 1.78 bits per heavy atom. The second kappa shape index (κ2) is 10.2. The fraction of sp³-hybridized carbons (Fsp3) is 0.321. The van der Waals surface area contributed by atoms with Gasteiger partial charge in [-0.2, -0.15) is 0 Å². The average Bonchev–Trinajstić information content (AvgIpc) is 2.82. The molecule has 2 aromatic carbocycles. The van der Waals surface area contributed by atoms with Crippen LogP contribution in [-0.2, 0) is 12.8 Å². The molecule has 0 saturated heterocycles. The Bertz CT molecular complexity index is 1390. The lowest BCUT2D eigenvalue weighted by Gasteiger charge is -2.32. The summed E-state index contributed by atoms with van der Waals surface area (Å²) >= 11 is 6.21. The van der Waals surface area contributed by atoms with Gasteiger partial charge in [0.1, 0.15) is 5.56 Å². The molecule has 7 nitrogen and oxygen atoms in total. The molecule has 4 rings (SSSR count). The Balaban J connectivity index is 1.66. The third-order valence-electron chi connectivity index (χ3n) is 6.35. The summed E-state index contributed by atoms with van der Waals surface area (Å²) in [6.07, 6.45) is 1.39. The van der Waals surface area contributed by atoms with Gasteiger partial charge in [0.2, 0.25) is 0 Å². The predicted molar refractivity (Wildman–Crippen MR) is 139 cm³/mol. The van der Waals surface area contributed by atoms with Crippen molar-refractivity contribution < 1.29 is 19.1 Å². The van der Waals surface area contributed by atoms with Crippen molar-refractivity contribution in [3.8, 4) is 17.2 Å². The van der Waals surface area contributed by atoms with E-state index in [2.05, 4.69) is 5.32 Å². The monoisotopic (exact) mass is 508 g/mol. The topological polar surface area (TPSA) is 86.6 Å². The number of carbonyl (C=O) groups excluding carboxylic acids is 2. The zero-order valence-electron chi connectivity index (χ0n) is 20.8. The predicted octanol–water partition coefficient (Wildman–Crippen LogP) is 4.64. The van der Waals surface area contributed by atoms with E-state index in [1.807, 2.05) is 26.0 Å². The Hall–Kier alpha value is -3.58. The highest BCUT2D eigenvalue weighted by Gasteiger charge is 2.35. The highest BCUT2D eigenvalue weighted by Crippen LogP contribution is 2.35. The first-order valence-corrected chi connectivity index (χ1v) is 12.1. The number of Topliss-reactive ketones (excluding diaryl/α,β-unsaturated/α-hetero) is 1. The van der Waals surface area contributed by atoms with Crippen LogP contribution in [0.1, 0.15) is 52.2 Å². The first-order valence-electron chi connectivity index (χ1n) is 11.7. The number of nitrogens with zero attached hydrogens (tertiary/aromatic N) is 1. The summed E-state index contributed by atoms with van der Waals surface area (Å²) < 4.78 is 12.1. The molecule has 0 spiro atoms. The van der Waals surface area contributed by atoms with Crippen LogP contribution in [0.2, 0.25) is 5.02 Å². The van der Waals surface area contributed by atoms with Crippen molar-refractivity contribution in [3.63, 3.8) is 0 Å². The zero-order valence-corrected chi connectivity index (χ0v) is 21.6. The van der Waals surface area contributed by atoms with E-state index >= 15 is 0 Å². The molecule has 0 unspecified atom stereocenters. The molecule has 8 heteroatoms. The van der Waals surface area contributed by atoms with Crippen molar-refractivity contribution in [3.05, 3.63) is 86.3 Å². The molecule has 1 aromatic heterocycles. The van der Waals surface area contributed by atoms with Crippen molar-refractivity contribution >= 4 is 23.3 Å². The van der Waals surface area contributed by atoms with E-state index in [0.717, 1.165) is 5.56 Å². The van der Waals surface area contributed by atoms with E-state index in [1.54, 1.807) is 44.6 Å². The van der Waals surface area contributed by atoms with E-state index < -0.39 is 11.5 Å². The van der Waals surface area contributed by atoms with Crippen LogP contribution in [0.25, 0.3) is 5.69 Å². The molecule has 188 valence electrons. The van der Waals surface area contributed by atoms with Crippen molar-refractivity contribution in [1.29, 1.82) is 0 Å². The minimum atomic E-state index is -0.531. The molecule has 1 aliphatic carbocycles. The second-order valence-electron chi connectivity index (χ2n) is 9.67. The molecule has 1 heterocycles. The van der Waals surface area contributed by atoms with Crippen LogP contribution in [0.5, 0.6) is 11.5 Å². The summed E-state index contributed by atoms with van der Waals surface area (Å²) in [6, 6.07) is 13.8. The molecule has 0 aliphatic heterocycles. The van der Waals surface area contributed by atoms with Crippen molar-refractivity contribution in [2.24, 2.45) is 5.41 Å². The van der Waals surface area contributed by atoms with Crippen LogP contribution < -0.4 is 20.3 Å². The summed E-state index contributed by atoms with van der Waals surface area (Å²) in [5.74, 6) is 0.601. The summed E-state index contributed by atoms with van der Waals surface area (Å²) in [5.41, 5.74) is 1.60. The molecular weight excluding hydrogens is 480 g/mol. The molecule has 1 amide bonds. The van der Waals surface area contributed by atoms with Gasteiger partial charge in [-0.25, -0.2) is 0 Å². The van der Waals surface area contributed by atoms with Gasteiger partial charge in [0.05, 0.1) is 19.9 Å². The Morgan fingerprint density at radius 3 is 2.47 bits per heavy atom. The Kier molecular flexibility index (Phi) is 7.22. The Morgan fingerprint density at radius 1 is 1.03 bits per heavy atom. The van der Waals surface area contributed by atoms with Gasteiger partial charge in [-0.15, -0.1) is 0 Å². The lowest BCUT2D eigenvalue weighted by Crippen LogP contribution is -2.39. The van der Waals surface area contributed by atoms with Gasteiger partial charge >= 0.3 is 0 Å². The van der Waals surface area contributed by atoms with Crippen molar-refractivity contribution in [2.45, 2.75) is 33.1 Å². The number of ether oxygens (including phenoxy) is 2. The van der Waals surface area contributed by atoms with E-state index in [-0.39, 0.29) is 16.8 Å². The first kappa shape index (κ1) is 25.5. The number of halogens is 1. The first-order chi connectivity index (χ1) is 17.1. The van der Waals surface area contributed by atoms with Crippen molar-refractivity contribution in [1.82, 2.24) is 9.88 Å². The van der Waals surface area contributed by atoms with E-state index in [4.69, 9.17) is 21.1 Å². The molecule has 36 heavy (non-hydrogen) atoms. The Labute approximate surface area is 215 Å². The fourth-order valence-electron chi connectivity index (χ4n) is 4.62. The lowest BCUT2D eigenvalue weighted by atomic mass is 9.75. The number of methoxy groups -OCH3 is 2. The number of fused-ring (bicyclic) bond motifs is 1. The lowest BCUT2D eigenvalue weighted by molar-refractivity contribution is 0.0908. The van der Waals surface area contributed by atoms with Crippen LogP contribution in [0.15, 0.2) is 53.3 Å². The molecule has 3 aromatic rings. The van der Waals surface area contributed by atoms with Gasteiger partial charge in [-0.05, 0) is 60.2 Å². The minimum absolute atomic E-state index is 0.0749. The number of rotatable bonds is 7. The van der Waals surface area contributed by atoms with Crippen LogP contribution >= 0.6 is 11.6 Å². The van der Waals surface area contributed by atoms with Gasteiger partial charge in [0.15, 0.2) is 17.3 Å². The molecule has 0 atom stereocenters. The highest BCUT2D eigenvalue weighted by molar-refractivity contribution is 6.30. The number of ketones is 1. The molecule has 0 fully saturated rings. The molecule has 1 N–H and O–H groups in total. The maximum Gasteiger partial charge on any atom is 0.268 e.